The lowest BCUT2D eigenvalue weighted by Crippen LogP contribution is -2.41. The summed E-state index contributed by atoms with van der Waals surface area (Å²) in [5, 5.41) is 6.78. The van der Waals surface area contributed by atoms with Crippen molar-refractivity contribution in [3.05, 3.63) is 59.2 Å². The summed E-state index contributed by atoms with van der Waals surface area (Å²) < 4.78 is 29.2. The number of rotatable bonds is 8. The molecule has 0 unspecified atom stereocenters. The molecule has 0 bridgehead atoms. The minimum Gasteiger partial charge on any atom is -0.496 e. The van der Waals surface area contributed by atoms with Gasteiger partial charge in [-0.05, 0) is 49.9 Å². The fourth-order valence-corrected chi connectivity index (χ4v) is 4.72. The van der Waals surface area contributed by atoms with Crippen LogP contribution in [0.1, 0.15) is 36.5 Å². The smallest absolute Gasteiger partial charge is 0.191 e. The Balaban J connectivity index is 0.00000341. The highest BCUT2D eigenvalue weighted by molar-refractivity contribution is 14.0. The van der Waals surface area contributed by atoms with E-state index in [1.165, 1.54) is 11.8 Å². The van der Waals surface area contributed by atoms with Crippen molar-refractivity contribution in [3.63, 3.8) is 0 Å². The van der Waals surface area contributed by atoms with Gasteiger partial charge in [0.1, 0.15) is 5.75 Å². The average Bonchev–Trinajstić information content (AvgIpc) is 3.50. The number of aliphatic imine (C=N–C) groups is 1. The number of hydrogen-bond acceptors (Lipinski definition) is 4. The molecule has 6 nitrogen and oxygen atoms in total. The van der Waals surface area contributed by atoms with Crippen LogP contribution in [0.4, 0.5) is 0 Å². The van der Waals surface area contributed by atoms with Gasteiger partial charge in [-0.15, -0.1) is 24.0 Å². The highest BCUT2D eigenvalue weighted by Crippen LogP contribution is 2.50. The third-order valence-corrected chi connectivity index (χ3v) is 6.79. The quantitative estimate of drug-likeness (QED) is 0.293. The van der Waals surface area contributed by atoms with E-state index in [0.29, 0.717) is 11.4 Å². The Morgan fingerprint density at radius 1 is 1.16 bits per heavy atom. The van der Waals surface area contributed by atoms with Gasteiger partial charge in [-0.25, -0.2) is 13.4 Å². The maximum Gasteiger partial charge on any atom is 0.191 e. The topological polar surface area (TPSA) is 79.8 Å². The second-order valence-electron chi connectivity index (χ2n) is 7.90. The van der Waals surface area contributed by atoms with Crippen molar-refractivity contribution in [1.29, 1.82) is 0 Å². The van der Waals surface area contributed by atoms with E-state index in [1.807, 2.05) is 38.1 Å². The summed E-state index contributed by atoms with van der Waals surface area (Å²) in [4.78, 5) is 5.07. The van der Waals surface area contributed by atoms with Crippen LogP contribution >= 0.6 is 24.0 Å². The summed E-state index contributed by atoms with van der Waals surface area (Å²) >= 11 is 0. The Kier molecular flexibility index (Phi) is 8.76. The fourth-order valence-electron chi connectivity index (χ4n) is 3.77. The second-order valence-corrected chi connectivity index (χ2v) is 9.89. The maximum atomic E-state index is 11.8. The molecule has 3 rings (SSSR count). The van der Waals surface area contributed by atoms with E-state index in [2.05, 4.69) is 22.8 Å². The molecule has 1 aliphatic carbocycles. The van der Waals surface area contributed by atoms with Crippen LogP contribution < -0.4 is 15.4 Å². The number of guanidine groups is 1. The molecule has 0 saturated heterocycles. The van der Waals surface area contributed by atoms with Crippen LogP contribution in [0.2, 0.25) is 0 Å². The molecule has 1 saturated carbocycles. The minimum atomic E-state index is -3.21. The van der Waals surface area contributed by atoms with Gasteiger partial charge in [0.05, 0.1) is 18.6 Å². The van der Waals surface area contributed by atoms with E-state index in [-0.39, 0.29) is 29.4 Å². The second kappa shape index (κ2) is 10.7. The molecule has 0 aromatic heterocycles. The van der Waals surface area contributed by atoms with Gasteiger partial charge in [0, 0.05) is 30.3 Å². The van der Waals surface area contributed by atoms with Crippen molar-refractivity contribution in [1.82, 2.24) is 10.6 Å². The Morgan fingerprint density at radius 2 is 1.87 bits per heavy atom. The Hall–Kier alpha value is -1.81. The standard InChI is InChI=1S/C23H31N3O3S.HI/c1-5-24-22(25-15-18-10-11-21(17(2)14-18)30(4,27)28)26-16-23(12-13-23)19-8-6-7-9-20(19)29-3;/h6-11,14H,5,12-13,15-16H2,1-4H3,(H2,24,25,26);1H. The van der Waals surface area contributed by atoms with Crippen LogP contribution in [-0.2, 0) is 21.8 Å². The molecule has 0 radical (unpaired) electrons. The molecule has 0 aliphatic heterocycles. The van der Waals surface area contributed by atoms with Gasteiger partial charge in [0.25, 0.3) is 0 Å². The molecule has 2 aromatic rings. The lowest BCUT2D eigenvalue weighted by Gasteiger charge is -2.21. The summed E-state index contributed by atoms with van der Waals surface area (Å²) in [5.74, 6) is 1.68. The number of para-hydroxylation sites is 1. The highest BCUT2D eigenvalue weighted by atomic mass is 127. The number of hydrogen-bond donors (Lipinski definition) is 2. The molecular weight excluding hydrogens is 525 g/mol. The van der Waals surface area contributed by atoms with E-state index in [1.54, 1.807) is 13.2 Å². The van der Waals surface area contributed by atoms with Crippen LogP contribution in [0, 0.1) is 6.92 Å². The molecule has 2 aromatic carbocycles. The third-order valence-electron chi connectivity index (χ3n) is 5.53. The van der Waals surface area contributed by atoms with Crippen LogP contribution in [0.15, 0.2) is 52.4 Å². The van der Waals surface area contributed by atoms with Gasteiger partial charge in [0.15, 0.2) is 15.8 Å². The van der Waals surface area contributed by atoms with Crippen LogP contribution in [0.5, 0.6) is 5.75 Å². The van der Waals surface area contributed by atoms with Crippen LogP contribution in [0.25, 0.3) is 0 Å². The van der Waals surface area contributed by atoms with E-state index >= 15 is 0 Å². The number of nitrogens with zero attached hydrogens (tertiary/aromatic N) is 1. The van der Waals surface area contributed by atoms with Crippen LogP contribution in [0.3, 0.4) is 0 Å². The largest absolute Gasteiger partial charge is 0.496 e. The molecule has 170 valence electrons. The SMILES string of the molecule is CCNC(=NCc1ccc(S(C)(=O)=O)c(C)c1)NCC1(c2ccccc2OC)CC1.I. The van der Waals surface area contributed by atoms with Crippen molar-refractivity contribution >= 4 is 39.8 Å². The third kappa shape index (κ3) is 6.35. The van der Waals surface area contributed by atoms with Crippen molar-refractivity contribution in [2.45, 2.75) is 43.5 Å². The summed E-state index contributed by atoms with van der Waals surface area (Å²) in [5.41, 5.74) is 3.04. The zero-order valence-corrected chi connectivity index (χ0v) is 21.7. The first-order valence-corrected chi connectivity index (χ1v) is 12.1. The van der Waals surface area contributed by atoms with E-state index in [0.717, 1.165) is 48.8 Å². The van der Waals surface area contributed by atoms with E-state index in [4.69, 9.17) is 9.73 Å². The Labute approximate surface area is 202 Å². The molecule has 31 heavy (non-hydrogen) atoms. The highest BCUT2D eigenvalue weighted by Gasteiger charge is 2.46. The lowest BCUT2D eigenvalue weighted by molar-refractivity contribution is 0.403. The summed E-state index contributed by atoms with van der Waals surface area (Å²) in [7, 11) is -1.50. The number of aryl methyl sites for hydroxylation is 1. The van der Waals surface area contributed by atoms with Gasteiger partial charge in [0.2, 0.25) is 0 Å². The maximum absolute atomic E-state index is 11.8. The molecule has 2 N–H and O–H groups in total. The molecule has 0 spiro atoms. The first kappa shape index (κ1) is 25.5. The van der Waals surface area contributed by atoms with E-state index < -0.39 is 9.84 Å². The first-order chi connectivity index (χ1) is 14.3. The number of benzene rings is 2. The predicted octanol–water partition coefficient (Wildman–Crippen LogP) is 3.81. The molecule has 0 heterocycles. The molecule has 0 amide bonds. The Bertz CT molecular complexity index is 1030. The molecule has 1 aliphatic rings. The summed E-state index contributed by atoms with van der Waals surface area (Å²) in [6, 6.07) is 13.6. The minimum absolute atomic E-state index is 0. The van der Waals surface area contributed by atoms with Crippen LogP contribution in [-0.4, -0.2) is 40.8 Å². The summed E-state index contributed by atoms with van der Waals surface area (Å²) in [6.07, 6.45) is 3.47. The normalized spacial score (nSPS) is 15.0. The molecule has 0 atom stereocenters. The predicted molar refractivity (Wildman–Crippen MR) is 136 cm³/mol. The zero-order valence-electron chi connectivity index (χ0n) is 18.6. The van der Waals surface area contributed by atoms with Crippen molar-refractivity contribution in [2.75, 3.05) is 26.5 Å². The summed E-state index contributed by atoms with van der Waals surface area (Å²) in [6.45, 7) is 5.87. The van der Waals surface area contributed by atoms with Gasteiger partial charge in [-0.3, -0.25) is 0 Å². The molecular formula is C23H32IN3O3S. The van der Waals surface area contributed by atoms with Gasteiger partial charge in [-0.1, -0.05) is 30.3 Å². The van der Waals surface area contributed by atoms with Crippen molar-refractivity contribution in [3.8, 4) is 5.75 Å². The first-order valence-electron chi connectivity index (χ1n) is 10.2. The average molecular weight is 557 g/mol. The number of ether oxygens (including phenoxy) is 1. The van der Waals surface area contributed by atoms with E-state index in [9.17, 15) is 8.42 Å². The van der Waals surface area contributed by atoms with Gasteiger partial charge in [-0.2, -0.15) is 0 Å². The number of sulfone groups is 1. The van der Waals surface area contributed by atoms with Gasteiger partial charge >= 0.3 is 0 Å². The Morgan fingerprint density at radius 3 is 2.45 bits per heavy atom. The number of methoxy groups -OCH3 is 1. The number of nitrogens with one attached hydrogen (secondary N) is 2. The zero-order chi connectivity index (χ0) is 21.8. The fraction of sp³-hybridized carbons (Fsp3) is 0.435. The molecule has 8 heteroatoms. The molecule has 1 fully saturated rings. The lowest BCUT2D eigenvalue weighted by atomic mass is 9.95. The van der Waals surface area contributed by atoms with Crippen molar-refractivity contribution in [2.24, 2.45) is 4.99 Å². The monoisotopic (exact) mass is 557 g/mol. The van der Waals surface area contributed by atoms with Gasteiger partial charge < -0.3 is 15.4 Å². The number of halogens is 1. The van der Waals surface area contributed by atoms with Crippen molar-refractivity contribution < 1.29 is 13.2 Å².